The average molecular weight is 248 g/mol. The monoisotopic (exact) mass is 248 g/mol. The van der Waals surface area contributed by atoms with E-state index in [0.29, 0.717) is 5.92 Å². The molecule has 2 rings (SSSR count). The van der Waals surface area contributed by atoms with Crippen molar-refractivity contribution in [2.75, 3.05) is 0 Å². The average Bonchev–Trinajstić information content (AvgIpc) is 3.15. The van der Waals surface area contributed by atoms with Gasteiger partial charge in [0.25, 0.3) is 0 Å². The molecule has 1 saturated carbocycles. The molecule has 0 amide bonds. The zero-order chi connectivity index (χ0) is 13.1. The van der Waals surface area contributed by atoms with Gasteiger partial charge in [-0.05, 0) is 44.6 Å². The van der Waals surface area contributed by atoms with Crippen LogP contribution in [0.4, 0.5) is 0 Å². The topological polar surface area (TPSA) is 47.3 Å². The Morgan fingerprint density at radius 3 is 2.44 bits per heavy atom. The molecular formula is C15H24N2O. The Morgan fingerprint density at radius 1 is 1.22 bits per heavy atom. The highest BCUT2D eigenvalue weighted by Gasteiger charge is 2.34. The van der Waals surface area contributed by atoms with Gasteiger partial charge < -0.3 is 4.74 Å². The fraction of sp³-hybridized carbons (Fsp3) is 0.600. The summed E-state index contributed by atoms with van der Waals surface area (Å²) in [4.78, 5) is 0. The van der Waals surface area contributed by atoms with Gasteiger partial charge in [0.05, 0.1) is 12.1 Å². The molecule has 0 aliphatic heterocycles. The first-order valence-corrected chi connectivity index (χ1v) is 6.85. The van der Waals surface area contributed by atoms with E-state index in [-0.39, 0.29) is 12.1 Å². The minimum Gasteiger partial charge on any atom is -0.491 e. The maximum absolute atomic E-state index is 5.88. The summed E-state index contributed by atoms with van der Waals surface area (Å²) < 4.78 is 5.88. The van der Waals surface area contributed by atoms with Crippen molar-refractivity contribution in [1.29, 1.82) is 0 Å². The van der Waals surface area contributed by atoms with Crippen LogP contribution in [0, 0.1) is 11.8 Å². The highest BCUT2D eigenvalue weighted by Crippen LogP contribution is 2.44. The minimum atomic E-state index is 0.174. The van der Waals surface area contributed by atoms with E-state index in [4.69, 9.17) is 10.6 Å². The minimum absolute atomic E-state index is 0.174. The summed E-state index contributed by atoms with van der Waals surface area (Å²) in [6.45, 7) is 6.37. The number of hydrogen-bond acceptors (Lipinski definition) is 3. The molecule has 0 spiro atoms. The molecule has 1 aromatic carbocycles. The standard InChI is InChI=1S/C15H24N2O/c1-10(2)18-14-7-5-4-6-13(14)15(17-16)11(3)12-8-9-12/h4-7,10-12,15,17H,8-9,16H2,1-3H3. The van der Waals surface area contributed by atoms with Gasteiger partial charge >= 0.3 is 0 Å². The maximum atomic E-state index is 5.88. The third-order valence-electron chi connectivity index (χ3n) is 3.69. The largest absolute Gasteiger partial charge is 0.491 e. The number of hydrogen-bond donors (Lipinski definition) is 2. The summed E-state index contributed by atoms with van der Waals surface area (Å²) in [5, 5.41) is 0. The van der Waals surface area contributed by atoms with E-state index < -0.39 is 0 Å². The zero-order valence-corrected chi connectivity index (χ0v) is 11.5. The van der Waals surface area contributed by atoms with Crippen molar-refractivity contribution in [3.63, 3.8) is 0 Å². The van der Waals surface area contributed by atoms with Crippen LogP contribution in [0.3, 0.4) is 0 Å². The number of nitrogens with one attached hydrogen (secondary N) is 1. The van der Waals surface area contributed by atoms with Gasteiger partial charge in [0.15, 0.2) is 0 Å². The molecule has 0 radical (unpaired) electrons. The number of benzene rings is 1. The molecule has 100 valence electrons. The summed E-state index contributed by atoms with van der Waals surface area (Å²) in [5.74, 6) is 8.06. The first kappa shape index (κ1) is 13.4. The van der Waals surface area contributed by atoms with Gasteiger partial charge in [-0.15, -0.1) is 0 Å². The van der Waals surface area contributed by atoms with Crippen LogP contribution in [0.1, 0.15) is 45.2 Å². The Morgan fingerprint density at radius 2 is 1.89 bits per heavy atom. The second-order valence-electron chi connectivity index (χ2n) is 5.55. The fourth-order valence-electron chi connectivity index (χ4n) is 2.52. The van der Waals surface area contributed by atoms with E-state index in [1.807, 2.05) is 32.0 Å². The van der Waals surface area contributed by atoms with Crippen LogP contribution >= 0.6 is 0 Å². The number of ether oxygens (including phenoxy) is 1. The Hall–Kier alpha value is -1.06. The molecule has 2 unspecified atom stereocenters. The zero-order valence-electron chi connectivity index (χ0n) is 11.5. The van der Waals surface area contributed by atoms with Gasteiger partial charge in [-0.2, -0.15) is 0 Å². The molecule has 1 aromatic rings. The van der Waals surface area contributed by atoms with E-state index in [1.165, 1.54) is 18.4 Å². The van der Waals surface area contributed by atoms with E-state index in [9.17, 15) is 0 Å². The Balaban J connectivity index is 2.23. The molecule has 1 fully saturated rings. The van der Waals surface area contributed by atoms with Gasteiger partial charge in [0.1, 0.15) is 5.75 Å². The molecule has 3 N–H and O–H groups in total. The summed E-state index contributed by atoms with van der Waals surface area (Å²) in [6, 6.07) is 8.37. The Labute approximate surface area is 110 Å². The van der Waals surface area contributed by atoms with Crippen LogP contribution in [-0.2, 0) is 0 Å². The fourth-order valence-corrected chi connectivity index (χ4v) is 2.52. The van der Waals surface area contributed by atoms with Crippen molar-refractivity contribution >= 4 is 0 Å². The van der Waals surface area contributed by atoms with Crippen molar-refractivity contribution in [1.82, 2.24) is 5.43 Å². The molecule has 3 nitrogen and oxygen atoms in total. The van der Waals surface area contributed by atoms with Crippen LogP contribution in [-0.4, -0.2) is 6.10 Å². The third-order valence-corrected chi connectivity index (χ3v) is 3.69. The van der Waals surface area contributed by atoms with Gasteiger partial charge in [0, 0.05) is 5.56 Å². The summed E-state index contributed by atoms with van der Waals surface area (Å²) in [7, 11) is 0. The number of rotatable bonds is 6. The predicted octanol–water partition coefficient (Wildman–Crippen LogP) is 3.02. The lowest BCUT2D eigenvalue weighted by atomic mass is 9.90. The van der Waals surface area contributed by atoms with Crippen LogP contribution in [0.15, 0.2) is 24.3 Å². The second-order valence-corrected chi connectivity index (χ2v) is 5.55. The van der Waals surface area contributed by atoms with E-state index in [2.05, 4.69) is 18.4 Å². The van der Waals surface area contributed by atoms with E-state index in [1.54, 1.807) is 0 Å². The Bertz CT molecular complexity index is 388. The molecule has 0 heterocycles. The molecule has 1 aliphatic carbocycles. The molecule has 18 heavy (non-hydrogen) atoms. The summed E-state index contributed by atoms with van der Waals surface area (Å²) in [5.41, 5.74) is 4.15. The van der Waals surface area contributed by atoms with Crippen molar-refractivity contribution in [2.45, 2.75) is 45.8 Å². The van der Waals surface area contributed by atoms with Crippen LogP contribution in [0.25, 0.3) is 0 Å². The van der Waals surface area contributed by atoms with Crippen molar-refractivity contribution < 1.29 is 4.74 Å². The highest BCUT2D eigenvalue weighted by atomic mass is 16.5. The first-order chi connectivity index (χ1) is 8.63. The third kappa shape index (κ3) is 3.03. The van der Waals surface area contributed by atoms with Gasteiger partial charge in [0.2, 0.25) is 0 Å². The SMILES string of the molecule is CC(C)Oc1ccccc1C(NN)C(C)C1CC1. The van der Waals surface area contributed by atoms with Gasteiger partial charge in [-0.3, -0.25) is 11.3 Å². The summed E-state index contributed by atoms with van der Waals surface area (Å²) in [6.07, 6.45) is 2.83. The normalized spacial score (nSPS) is 18.7. The van der Waals surface area contributed by atoms with Crippen molar-refractivity contribution in [2.24, 2.45) is 17.7 Å². The second kappa shape index (κ2) is 5.72. The van der Waals surface area contributed by atoms with Crippen LogP contribution < -0.4 is 16.0 Å². The van der Waals surface area contributed by atoms with E-state index in [0.717, 1.165) is 11.7 Å². The molecule has 0 saturated heterocycles. The number of nitrogens with two attached hydrogens (primary N) is 1. The lowest BCUT2D eigenvalue weighted by Gasteiger charge is -2.26. The molecule has 1 aliphatic rings. The first-order valence-electron chi connectivity index (χ1n) is 6.85. The highest BCUT2D eigenvalue weighted by molar-refractivity contribution is 5.36. The number of hydrazine groups is 1. The van der Waals surface area contributed by atoms with Gasteiger partial charge in [-0.1, -0.05) is 25.1 Å². The Kier molecular flexibility index (Phi) is 4.25. The smallest absolute Gasteiger partial charge is 0.124 e. The molecular weight excluding hydrogens is 224 g/mol. The van der Waals surface area contributed by atoms with E-state index >= 15 is 0 Å². The van der Waals surface area contributed by atoms with Crippen LogP contribution in [0.5, 0.6) is 5.75 Å². The molecule has 0 bridgehead atoms. The van der Waals surface area contributed by atoms with Gasteiger partial charge in [-0.25, -0.2) is 0 Å². The van der Waals surface area contributed by atoms with Crippen molar-refractivity contribution in [3.05, 3.63) is 29.8 Å². The molecule has 0 aromatic heterocycles. The molecule has 2 atom stereocenters. The lowest BCUT2D eigenvalue weighted by molar-refractivity contribution is 0.233. The maximum Gasteiger partial charge on any atom is 0.124 e. The quantitative estimate of drug-likeness (QED) is 0.601. The van der Waals surface area contributed by atoms with Crippen molar-refractivity contribution in [3.8, 4) is 5.75 Å². The summed E-state index contributed by atoms with van der Waals surface area (Å²) >= 11 is 0. The predicted molar refractivity (Wildman–Crippen MR) is 74.2 cm³/mol. The number of para-hydroxylation sites is 1. The lowest BCUT2D eigenvalue weighted by Crippen LogP contribution is -2.33. The van der Waals surface area contributed by atoms with Crippen LogP contribution in [0.2, 0.25) is 0 Å². The molecule has 3 heteroatoms.